The highest BCUT2D eigenvalue weighted by Crippen LogP contribution is 2.34. The molecule has 0 aliphatic carbocycles. The van der Waals surface area contributed by atoms with E-state index in [1.807, 2.05) is 0 Å². The first-order chi connectivity index (χ1) is 6.86. The minimum atomic E-state index is -4.73. The van der Waals surface area contributed by atoms with Crippen LogP contribution in [0.25, 0.3) is 0 Å². The lowest BCUT2D eigenvalue weighted by Gasteiger charge is -2.15. The van der Waals surface area contributed by atoms with Gasteiger partial charge in [-0.1, -0.05) is 6.07 Å². The van der Waals surface area contributed by atoms with E-state index in [0.717, 1.165) is 12.1 Å². The van der Waals surface area contributed by atoms with Gasteiger partial charge in [-0.15, -0.1) is 0 Å². The van der Waals surface area contributed by atoms with Gasteiger partial charge in [-0.25, -0.2) is 8.78 Å². The van der Waals surface area contributed by atoms with Gasteiger partial charge in [0.1, 0.15) is 12.5 Å². The molecule has 1 aromatic rings. The van der Waals surface area contributed by atoms with Crippen LogP contribution in [0.5, 0.6) is 0 Å². The lowest BCUT2D eigenvalue weighted by Crippen LogP contribution is -2.19. The molecule has 1 rings (SSSR count). The molecule has 6 heteroatoms. The van der Waals surface area contributed by atoms with Crippen molar-refractivity contribution in [1.29, 1.82) is 0 Å². The van der Waals surface area contributed by atoms with Crippen molar-refractivity contribution >= 4 is 0 Å². The van der Waals surface area contributed by atoms with Gasteiger partial charge >= 0.3 is 6.18 Å². The van der Waals surface area contributed by atoms with Gasteiger partial charge < -0.3 is 5.73 Å². The van der Waals surface area contributed by atoms with Crippen molar-refractivity contribution in [3.63, 3.8) is 0 Å². The zero-order chi connectivity index (χ0) is 11.6. The molecule has 0 saturated carbocycles. The Hall–Kier alpha value is -1.17. The van der Waals surface area contributed by atoms with E-state index in [0.29, 0.717) is 6.07 Å². The number of nitrogens with two attached hydrogens (primary N) is 1. The van der Waals surface area contributed by atoms with Crippen LogP contribution in [0.4, 0.5) is 22.0 Å². The lowest BCUT2D eigenvalue weighted by molar-refractivity contribution is -0.138. The average molecular weight is 225 g/mol. The molecule has 0 aliphatic rings. The molecule has 0 bridgehead atoms. The van der Waals surface area contributed by atoms with Gasteiger partial charge in [-0.05, 0) is 17.7 Å². The lowest BCUT2D eigenvalue weighted by atomic mass is 10.0. The van der Waals surface area contributed by atoms with E-state index >= 15 is 0 Å². The predicted molar refractivity (Wildman–Crippen MR) is 44.3 cm³/mol. The van der Waals surface area contributed by atoms with Gasteiger partial charge in [-0.2, -0.15) is 13.2 Å². The van der Waals surface area contributed by atoms with Crippen LogP contribution >= 0.6 is 0 Å². The molecule has 84 valence electrons. The number of alkyl halides is 4. The maximum Gasteiger partial charge on any atom is 0.416 e. The molecular weight excluding hydrogens is 217 g/mol. The maximum absolute atomic E-state index is 12.6. The van der Waals surface area contributed by atoms with Gasteiger partial charge in [0.15, 0.2) is 0 Å². The summed E-state index contributed by atoms with van der Waals surface area (Å²) in [6.07, 6.45) is -4.73. The number of rotatable bonds is 2. The first kappa shape index (κ1) is 11.9. The molecule has 0 aromatic heterocycles. The molecule has 0 heterocycles. The molecule has 1 nitrogen and oxygen atoms in total. The van der Waals surface area contributed by atoms with Crippen LogP contribution < -0.4 is 5.73 Å². The molecule has 1 aromatic carbocycles. The van der Waals surface area contributed by atoms with E-state index in [-0.39, 0.29) is 0 Å². The Morgan fingerprint density at radius 2 is 1.87 bits per heavy atom. The zero-order valence-electron chi connectivity index (χ0n) is 7.48. The summed E-state index contributed by atoms with van der Waals surface area (Å²) in [5.74, 6) is -1.03. The van der Waals surface area contributed by atoms with Crippen LogP contribution in [0.3, 0.4) is 0 Å². The van der Waals surface area contributed by atoms with E-state index in [2.05, 4.69) is 0 Å². The molecule has 0 aliphatic heterocycles. The molecule has 0 fully saturated rings. The zero-order valence-corrected chi connectivity index (χ0v) is 7.48. The monoisotopic (exact) mass is 225 g/mol. The third-order valence-corrected chi connectivity index (χ3v) is 1.89. The van der Waals surface area contributed by atoms with Crippen molar-refractivity contribution in [3.8, 4) is 0 Å². The molecular formula is C9H8F5N. The van der Waals surface area contributed by atoms with E-state index in [1.54, 1.807) is 0 Å². The highest BCUT2D eigenvalue weighted by molar-refractivity contribution is 5.32. The van der Waals surface area contributed by atoms with Crippen LogP contribution in [0.15, 0.2) is 18.2 Å². The van der Waals surface area contributed by atoms with Crippen molar-refractivity contribution in [1.82, 2.24) is 0 Å². The Balaban J connectivity index is 3.27. The van der Waals surface area contributed by atoms with E-state index in [9.17, 15) is 22.0 Å². The molecule has 15 heavy (non-hydrogen) atoms. The second-order valence-corrected chi connectivity index (χ2v) is 2.99. The predicted octanol–water partition coefficient (Wildman–Crippen LogP) is 2.81. The molecule has 0 spiro atoms. The molecule has 1 atom stereocenters. The van der Waals surface area contributed by atoms with Crippen molar-refractivity contribution in [3.05, 3.63) is 35.1 Å². The number of benzene rings is 1. The summed E-state index contributed by atoms with van der Waals surface area (Å²) in [6, 6.07) is 0.593. The van der Waals surface area contributed by atoms with Gasteiger partial charge in [-0.3, -0.25) is 0 Å². The van der Waals surface area contributed by atoms with Gasteiger partial charge in [0.25, 0.3) is 0 Å². The topological polar surface area (TPSA) is 26.0 Å². The molecule has 1 unspecified atom stereocenters. The fourth-order valence-electron chi connectivity index (χ4n) is 1.18. The summed E-state index contributed by atoms with van der Waals surface area (Å²) >= 11 is 0. The standard InChI is InChI=1S/C9H8F5N/c10-4-8(15)6-2-1-5(11)3-7(6)9(12,13)14/h1-3,8H,4,15H2. The number of halogens is 5. The minimum Gasteiger partial charge on any atom is -0.322 e. The fourth-order valence-corrected chi connectivity index (χ4v) is 1.18. The third kappa shape index (κ3) is 2.65. The number of hydrogen-bond acceptors (Lipinski definition) is 1. The van der Waals surface area contributed by atoms with E-state index < -0.39 is 35.8 Å². The Morgan fingerprint density at radius 1 is 1.27 bits per heavy atom. The SMILES string of the molecule is NC(CF)c1ccc(F)cc1C(F)(F)F. The minimum absolute atomic E-state index is 0.310. The summed E-state index contributed by atoms with van der Waals surface area (Å²) in [4.78, 5) is 0. The molecule has 0 amide bonds. The molecule has 0 saturated heterocycles. The van der Waals surface area contributed by atoms with Crippen LogP contribution in [0, 0.1) is 5.82 Å². The highest BCUT2D eigenvalue weighted by atomic mass is 19.4. The summed E-state index contributed by atoms with van der Waals surface area (Å²) in [5.41, 5.74) is 3.48. The van der Waals surface area contributed by atoms with Crippen molar-refractivity contribution in [2.75, 3.05) is 6.67 Å². The maximum atomic E-state index is 12.6. The normalized spacial score (nSPS) is 14.0. The van der Waals surface area contributed by atoms with Crippen molar-refractivity contribution < 1.29 is 22.0 Å². The Labute approximate surface area is 82.7 Å². The van der Waals surface area contributed by atoms with E-state index in [4.69, 9.17) is 5.73 Å². The summed E-state index contributed by atoms with van der Waals surface area (Å²) in [6.45, 7) is -1.13. The number of hydrogen-bond donors (Lipinski definition) is 1. The van der Waals surface area contributed by atoms with Crippen LogP contribution in [0.1, 0.15) is 17.2 Å². The third-order valence-electron chi connectivity index (χ3n) is 1.89. The first-order valence-corrected chi connectivity index (χ1v) is 4.04. The average Bonchev–Trinajstić information content (AvgIpc) is 2.15. The quantitative estimate of drug-likeness (QED) is 0.769. The van der Waals surface area contributed by atoms with Gasteiger partial charge in [0.05, 0.1) is 11.6 Å². The summed E-state index contributed by atoms with van der Waals surface area (Å²) < 4.78 is 61.9. The van der Waals surface area contributed by atoms with Crippen LogP contribution in [-0.2, 0) is 6.18 Å². The molecule has 2 N–H and O–H groups in total. The fraction of sp³-hybridized carbons (Fsp3) is 0.333. The first-order valence-electron chi connectivity index (χ1n) is 4.04. The smallest absolute Gasteiger partial charge is 0.322 e. The van der Waals surface area contributed by atoms with Gasteiger partial charge in [0, 0.05) is 0 Å². The second-order valence-electron chi connectivity index (χ2n) is 2.99. The van der Waals surface area contributed by atoms with Crippen LogP contribution in [-0.4, -0.2) is 6.67 Å². The van der Waals surface area contributed by atoms with Gasteiger partial charge in [0.2, 0.25) is 0 Å². The summed E-state index contributed by atoms with van der Waals surface area (Å²) in [7, 11) is 0. The Kier molecular flexibility index (Phi) is 3.28. The second kappa shape index (κ2) is 4.14. The molecule has 0 radical (unpaired) electrons. The van der Waals surface area contributed by atoms with Crippen molar-refractivity contribution in [2.45, 2.75) is 12.2 Å². The largest absolute Gasteiger partial charge is 0.416 e. The highest BCUT2D eigenvalue weighted by Gasteiger charge is 2.35. The Morgan fingerprint density at radius 3 is 2.33 bits per heavy atom. The summed E-state index contributed by atoms with van der Waals surface area (Å²) in [5, 5.41) is 0. The van der Waals surface area contributed by atoms with Crippen LogP contribution in [0.2, 0.25) is 0 Å². The van der Waals surface area contributed by atoms with Crippen molar-refractivity contribution in [2.24, 2.45) is 5.73 Å². The van der Waals surface area contributed by atoms with E-state index in [1.165, 1.54) is 0 Å². The Bertz CT molecular complexity index is 347.